The van der Waals surface area contributed by atoms with Crippen LogP contribution in [0.3, 0.4) is 0 Å². The van der Waals surface area contributed by atoms with Crippen LogP contribution in [0.2, 0.25) is 0 Å². The fourth-order valence-electron chi connectivity index (χ4n) is 3.89. The summed E-state index contributed by atoms with van der Waals surface area (Å²) in [5.41, 5.74) is 2.24. The first-order valence-electron chi connectivity index (χ1n) is 10.9. The van der Waals surface area contributed by atoms with Gasteiger partial charge in [0.05, 0.1) is 37.0 Å². The van der Waals surface area contributed by atoms with Crippen LogP contribution < -0.4 is 9.21 Å². The second kappa shape index (κ2) is 9.41. The molecule has 32 heavy (non-hydrogen) atoms. The number of aliphatic hydroxyl groups is 1. The Bertz CT molecular complexity index is 1160. The molecule has 1 saturated heterocycles. The molecule has 2 N–H and O–H groups in total. The highest BCUT2D eigenvalue weighted by Crippen LogP contribution is 2.33. The summed E-state index contributed by atoms with van der Waals surface area (Å²) < 4.78 is 49.8. The standard InChI is InChI=1S/C23H33N3O4S2/c1-5-18-6-8-19(9-7-18)26(15-17(2)3)32(29,30)21-10-11-22(23(14-21)31(4,24)28)25-13-12-20(27)16-25/h6-11,14,17,20,24,27H,5,12-13,15-16H2,1-4H3. The summed E-state index contributed by atoms with van der Waals surface area (Å²) in [6.07, 6.45) is 2.25. The van der Waals surface area contributed by atoms with Crippen molar-refractivity contribution in [2.75, 3.05) is 35.1 Å². The first-order valence-corrected chi connectivity index (χ1v) is 14.3. The number of aryl methyl sites for hydroxylation is 1. The average Bonchev–Trinajstić information content (AvgIpc) is 3.17. The van der Waals surface area contributed by atoms with Crippen molar-refractivity contribution in [1.82, 2.24) is 0 Å². The van der Waals surface area contributed by atoms with Crippen molar-refractivity contribution in [3.05, 3.63) is 48.0 Å². The number of sulfonamides is 1. The largest absolute Gasteiger partial charge is 0.391 e. The molecule has 0 aromatic heterocycles. The molecule has 1 aliphatic heterocycles. The van der Waals surface area contributed by atoms with Gasteiger partial charge in [-0.15, -0.1) is 0 Å². The Labute approximate surface area is 192 Å². The molecule has 2 atom stereocenters. The van der Waals surface area contributed by atoms with E-state index >= 15 is 0 Å². The molecule has 2 unspecified atom stereocenters. The lowest BCUT2D eigenvalue weighted by Gasteiger charge is -2.28. The van der Waals surface area contributed by atoms with Crippen LogP contribution in [0, 0.1) is 10.7 Å². The third-order valence-corrected chi connectivity index (χ3v) is 8.56. The van der Waals surface area contributed by atoms with Gasteiger partial charge in [0.15, 0.2) is 0 Å². The van der Waals surface area contributed by atoms with Gasteiger partial charge in [0, 0.05) is 25.9 Å². The number of nitrogens with zero attached hydrogens (tertiary/aromatic N) is 2. The molecule has 2 aromatic carbocycles. The highest BCUT2D eigenvalue weighted by molar-refractivity contribution is 7.93. The minimum absolute atomic E-state index is 0.0121. The number of hydrogen-bond donors (Lipinski definition) is 2. The second-order valence-corrected chi connectivity index (χ2v) is 12.8. The molecule has 0 radical (unpaired) electrons. The molecular formula is C23H33N3O4S2. The predicted octanol–water partition coefficient (Wildman–Crippen LogP) is 3.71. The van der Waals surface area contributed by atoms with Crippen molar-refractivity contribution >= 4 is 31.1 Å². The number of nitrogens with one attached hydrogen (secondary N) is 1. The van der Waals surface area contributed by atoms with Gasteiger partial charge >= 0.3 is 0 Å². The van der Waals surface area contributed by atoms with E-state index in [2.05, 4.69) is 0 Å². The average molecular weight is 480 g/mol. The highest BCUT2D eigenvalue weighted by atomic mass is 32.2. The van der Waals surface area contributed by atoms with Crippen LogP contribution in [0.15, 0.2) is 52.3 Å². The Balaban J connectivity index is 2.09. The van der Waals surface area contributed by atoms with E-state index in [1.54, 1.807) is 6.07 Å². The Kier molecular flexibility index (Phi) is 7.21. The molecule has 176 valence electrons. The van der Waals surface area contributed by atoms with Crippen LogP contribution >= 0.6 is 0 Å². The normalized spacial score (nSPS) is 18.7. The second-order valence-electron chi connectivity index (χ2n) is 8.81. The number of hydrogen-bond acceptors (Lipinski definition) is 6. The zero-order valence-corrected chi connectivity index (χ0v) is 20.7. The van der Waals surface area contributed by atoms with Gasteiger partial charge in [-0.25, -0.2) is 17.4 Å². The maximum absolute atomic E-state index is 13.7. The molecule has 3 rings (SSSR count). The summed E-state index contributed by atoms with van der Waals surface area (Å²) in [7, 11) is -7.15. The fourth-order valence-corrected chi connectivity index (χ4v) is 6.57. The first-order chi connectivity index (χ1) is 14.9. The minimum Gasteiger partial charge on any atom is -0.391 e. The molecule has 1 fully saturated rings. The molecule has 0 amide bonds. The van der Waals surface area contributed by atoms with Gasteiger partial charge in [-0.1, -0.05) is 32.9 Å². The summed E-state index contributed by atoms with van der Waals surface area (Å²) in [4.78, 5) is 2.06. The van der Waals surface area contributed by atoms with Crippen LogP contribution in [-0.4, -0.2) is 49.7 Å². The van der Waals surface area contributed by atoms with Gasteiger partial charge in [-0.05, 0) is 54.7 Å². The van der Waals surface area contributed by atoms with Crippen molar-refractivity contribution in [3.8, 4) is 0 Å². The van der Waals surface area contributed by atoms with Gasteiger partial charge in [-0.3, -0.25) is 4.31 Å². The number of rotatable bonds is 8. The van der Waals surface area contributed by atoms with E-state index in [1.165, 1.54) is 22.7 Å². The lowest BCUT2D eigenvalue weighted by Crippen LogP contribution is -2.34. The maximum atomic E-state index is 13.7. The predicted molar refractivity (Wildman–Crippen MR) is 130 cm³/mol. The summed E-state index contributed by atoms with van der Waals surface area (Å²) in [6, 6.07) is 12.0. The zero-order chi connectivity index (χ0) is 23.7. The molecule has 0 aliphatic carbocycles. The third kappa shape index (κ3) is 5.27. The summed E-state index contributed by atoms with van der Waals surface area (Å²) in [6.45, 7) is 7.20. The number of β-amino-alcohol motifs (C(OH)–C–C–N with tert-alkyl or cyclic N) is 1. The van der Waals surface area contributed by atoms with E-state index in [9.17, 15) is 17.7 Å². The quantitative estimate of drug-likeness (QED) is 0.601. The molecule has 1 heterocycles. The summed E-state index contributed by atoms with van der Waals surface area (Å²) in [5.74, 6) is 0.0898. The molecule has 7 nitrogen and oxygen atoms in total. The lowest BCUT2D eigenvalue weighted by atomic mass is 10.1. The first kappa shape index (κ1) is 24.5. The summed E-state index contributed by atoms with van der Waals surface area (Å²) in [5, 5.41) is 9.90. The van der Waals surface area contributed by atoms with Crippen molar-refractivity contribution in [1.29, 1.82) is 4.78 Å². The van der Waals surface area contributed by atoms with Gasteiger partial charge in [0.1, 0.15) is 0 Å². The van der Waals surface area contributed by atoms with Crippen molar-refractivity contribution in [2.24, 2.45) is 5.92 Å². The van der Waals surface area contributed by atoms with E-state index in [4.69, 9.17) is 4.78 Å². The summed E-state index contributed by atoms with van der Waals surface area (Å²) >= 11 is 0. The number of anilines is 2. The van der Waals surface area contributed by atoms with Gasteiger partial charge in [0.2, 0.25) is 0 Å². The molecule has 1 aliphatic rings. The lowest BCUT2D eigenvalue weighted by molar-refractivity contribution is 0.198. The van der Waals surface area contributed by atoms with E-state index < -0.39 is 25.9 Å². The van der Waals surface area contributed by atoms with Crippen molar-refractivity contribution in [3.63, 3.8) is 0 Å². The molecule has 9 heteroatoms. The van der Waals surface area contributed by atoms with Crippen LogP contribution in [0.1, 0.15) is 32.8 Å². The monoisotopic (exact) mass is 479 g/mol. The molecule has 2 aromatic rings. The SMILES string of the molecule is CCc1ccc(N(CC(C)C)S(=O)(=O)c2ccc(N3CCC(O)C3)c(S(C)(=N)=O)c2)cc1. The van der Waals surface area contributed by atoms with Gasteiger partial charge < -0.3 is 10.0 Å². The van der Waals surface area contributed by atoms with Crippen LogP contribution in [0.25, 0.3) is 0 Å². The smallest absolute Gasteiger partial charge is 0.264 e. The molecule has 0 spiro atoms. The molecule has 0 bridgehead atoms. The minimum atomic E-state index is -3.95. The fraction of sp³-hybridized carbons (Fsp3) is 0.478. The van der Waals surface area contributed by atoms with Crippen molar-refractivity contribution in [2.45, 2.75) is 49.5 Å². The van der Waals surface area contributed by atoms with E-state index in [1.807, 2.05) is 49.9 Å². The van der Waals surface area contributed by atoms with E-state index in [0.717, 1.165) is 12.0 Å². The molecule has 0 saturated carbocycles. The van der Waals surface area contributed by atoms with Gasteiger partial charge in [-0.2, -0.15) is 0 Å². The van der Waals surface area contributed by atoms with Gasteiger partial charge in [0.25, 0.3) is 10.0 Å². The number of aliphatic hydroxyl groups excluding tert-OH is 1. The Morgan fingerprint density at radius 2 is 1.81 bits per heavy atom. The Hall–Kier alpha value is -2.10. The zero-order valence-electron chi connectivity index (χ0n) is 19.1. The maximum Gasteiger partial charge on any atom is 0.264 e. The van der Waals surface area contributed by atoms with Crippen LogP contribution in [-0.2, 0) is 26.2 Å². The van der Waals surface area contributed by atoms with E-state index in [-0.39, 0.29) is 15.7 Å². The third-order valence-electron chi connectivity index (χ3n) is 5.61. The number of benzene rings is 2. The molecular weight excluding hydrogens is 446 g/mol. The van der Waals surface area contributed by atoms with Crippen LogP contribution in [0.5, 0.6) is 0 Å². The van der Waals surface area contributed by atoms with E-state index in [0.29, 0.717) is 37.4 Å². The Morgan fingerprint density at radius 1 is 1.16 bits per heavy atom. The van der Waals surface area contributed by atoms with Crippen molar-refractivity contribution < 1.29 is 17.7 Å². The van der Waals surface area contributed by atoms with Crippen LogP contribution in [0.4, 0.5) is 11.4 Å². The Morgan fingerprint density at radius 3 is 2.31 bits per heavy atom. The topological polar surface area (TPSA) is 102 Å². The highest BCUT2D eigenvalue weighted by Gasteiger charge is 2.30.